The van der Waals surface area contributed by atoms with E-state index in [0.717, 1.165) is 22.6 Å². The molecule has 1 aliphatic heterocycles. The fourth-order valence-electron chi connectivity index (χ4n) is 1.60. The Morgan fingerprint density at radius 2 is 2.07 bits per heavy atom. The van der Waals surface area contributed by atoms with Crippen LogP contribution in [0.4, 0.5) is 0 Å². The molecule has 0 saturated heterocycles. The number of hydrogen-bond donors (Lipinski definition) is 1. The topological polar surface area (TPSA) is 35.5 Å². The highest BCUT2D eigenvalue weighted by atomic mass is 32.1. The molecule has 0 aliphatic carbocycles. The molecule has 0 N–H and O–H groups in total. The van der Waals surface area contributed by atoms with Crippen molar-refractivity contribution in [3.8, 4) is 11.5 Å². The molecule has 0 bridgehead atoms. The summed E-state index contributed by atoms with van der Waals surface area (Å²) in [5, 5.41) is -0.0907. The third-order valence-corrected chi connectivity index (χ3v) is 2.66. The lowest BCUT2D eigenvalue weighted by molar-refractivity contribution is -0.110. The predicted molar refractivity (Wildman–Crippen MR) is 59.6 cm³/mol. The first kappa shape index (κ1) is 10.4. The molecule has 0 radical (unpaired) electrons. The predicted octanol–water partition coefficient (Wildman–Crippen LogP) is 2.11. The summed E-state index contributed by atoms with van der Waals surface area (Å²) in [7, 11) is 0. The van der Waals surface area contributed by atoms with Gasteiger partial charge in [0.25, 0.3) is 0 Å². The van der Waals surface area contributed by atoms with Crippen molar-refractivity contribution in [3.63, 3.8) is 0 Å². The second kappa shape index (κ2) is 4.14. The number of benzene rings is 1. The molecule has 1 aliphatic rings. The maximum atomic E-state index is 10.8. The summed E-state index contributed by atoms with van der Waals surface area (Å²) < 4.78 is 10.5. The molecule has 80 valence electrons. The van der Waals surface area contributed by atoms with Crippen LogP contribution in [0.1, 0.15) is 17.5 Å². The third-order valence-electron chi connectivity index (χ3n) is 2.44. The SMILES string of the molecule is Cc1cc2c(cc1CCC(=O)S)OCO2. The molecule has 0 fully saturated rings. The van der Waals surface area contributed by atoms with Gasteiger partial charge in [-0.15, -0.1) is 12.6 Å². The van der Waals surface area contributed by atoms with E-state index in [1.165, 1.54) is 0 Å². The number of fused-ring (bicyclic) bond motifs is 1. The van der Waals surface area contributed by atoms with Gasteiger partial charge in [0.15, 0.2) is 16.6 Å². The second-order valence-electron chi connectivity index (χ2n) is 3.53. The monoisotopic (exact) mass is 224 g/mol. The largest absolute Gasteiger partial charge is 0.454 e. The van der Waals surface area contributed by atoms with E-state index in [2.05, 4.69) is 12.6 Å². The van der Waals surface area contributed by atoms with E-state index >= 15 is 0 Å². The summed E-state index contributed by atoms with van der Waals surface area (Å²) in [4.78, 5) is 10.8. The third kappa shape index (κ3) is 2.26. The first-order valence-electron chi connectivity index (χ1n) is 4.78. The molecular weight excluding hydrogens is 212 g/mol. The summed E-state index contributed by atoms with van der Waals surface area (Å²) in [6.07, 6.45) is 1.15. The Labute approximate surface area is 93.8 Å². The fraction of sp³-hybridized carbons (Fsp3) is 0.364. The maximum Gasteiger partial charge on any atom is 0.231 e. The number of carbonyl (C=O) groups excluding carboxylic acids is 1. The Hall–Kier alpha value is -1.16. The van der Waals surface area contributed by atoms with Gasteiger partial charge in [0.1, 0.15) is 0 Å². The van der Waals surface area contributed by atoms with E-state index < -0.39 is 0 Å². The molecule has 1 heterocycles. The summed E-state index contributed by atoms with van der Waals surface area (Å²) in [5.74, 6) is 1.55. The van der Waals surface area contributed by atoms with Crippen LogP contribution in [0.25, 0.3) is 0 Å². The van der Waals surface area contributed by atoms with Crippen molar-refractivity contribution in [1.82, 2.24) is 0 Å². The van der Waals surface area contributed by atoms with Crippen molar-refractivity contribution in [2.75, 3.05) is 6.79 Å². The van der Waals surface area contributed by atoms with E-state index in [9.17, 15) is 4.79 Å². The quantitative estimate of drug-likeness (QED) is 0.799. The van der Waals surface area contributed by atoms with Crippen LogP contribution in [-0.2, 0) is 11.2 Å². The van der Waals surface area contributed by atoms with Crippen LogP contribution in [0.15, 0.2) is 12.1 Å². The lowest BCUT2D eigenvalue weighted by Crippen LogP contribution is -1.94. The first-order chi connectivity index (χ1) is 7.16. The van der Waals surface area contributed by atoms with Crippen LogP contribution in [0.2, 0.25) is 0 Å². The Morgan fingerprint density at radius 3 is 2.73 bits per heavy atom. The van der Waals surface area contributed by atoms with Gasteiger partial charge < -0.3 is 9.47 Å². The van der Waals surface area contributed by atoms with Crippen LogP contribution in [0.3, 0.4) is 0 Å². The van der Waals surface area contributed by atoms with Crippen molar-refractivity contribution in [3.05, 3.63) is 23.3 Å². The minimum Gasteiger partial charge on any atom is -0.454 e. The summed E-state index contributed by atoms with van der Waals surface area (Å²) in [6.45, 7) is 2.28. The average molecular weight is 224 g/mol. The fourth-order valence-corrected chi connectivity index (χ4v) is 1.71. The van der Waals surface area contributed by atoms with E-state index in [4.69, 9.17) is 9.47 Å². The van der Waals surface area contributed by atoms with Crippen molar-refractivity contribution < 1.29 is 14.3 Å². The zero-order valence-electron chi connectivity index (χ0n) is 8.45. The normalized spacial score (nSPS) is 12.9. The molecule has 2 rings (SSSR count). The molecule has 0 spiro atoms. The minimum absolute atomic E-state index is 0.0907. The molecule has 1 aromatic rings. The van der Waals surface area contributed by atoms with Crippen LogP contribution in [0.5, 0.6) is 11.5 Å². The lowest BCUT2D eigenvalue weighted by Gasteiger charge is -2.06. The standard InChI is InChI=1S/C11H12O3S/c1-7-4-9-10(14-6-13-9)5-8(7)2-3-11(12)15/h4-5H,2-3,6H2,1H3,(H,12,15). The number of ether oxygens (including phenoxy) is 2. The van der Waals surface area contributed by atoms with E-state index in [0.29, 0.717) is 12.8 Å². The Balaban J connectivity index is 2.21. The van der Waals surface area contributed by atoms with Gasteiger partial charge in [0.2, 0.25) is 6.79 Å². The molecule has 4 heteroatoms. The molecule has 0 saturated carbocycles. The van der Waals surface area contributed by atoms with Crippen LogP contribution in [0, 0.1) is 6.92 Å². The zero-order chi connectivity index (χ0) is 10.8. The summed E-state index contributed by atoms with van der Waals surface area (Å²) in [5.41, 5.74) is 2.23. The summed E-state index contributed by atoms with van der Waals surface area (Å²) >= 11 is 3.75. The highest BCUT2D eigenvalue weighted by Crippen LogP contribution is 2.34. The Kier molecular flexibility index (Phi) is 2.86. The maximum absolute atomic E-state index is 10.8. The number of rotatable bonds is 3. The van der Waals surface area contributed by atoms with Crippen molar-refractivity contribution in [2.24, 2.45) is 0 Å². The van der Waals surface area contributed by atoms with Crippen molar-refractivity contribution >= 4 is 17.7 Å². The van der Waals surface area contributed by atoms with E-state index in [-0.39, 0.29) is 11.9 Å². The molecule has 0 unspecified atom stereocenters. The average Bonchev–Trinajstić information content (AvgIpc) is 2.60. The zero-order valence-corrected chi connectivity index (χ0v) is 9.34. The number of hydrogen-bond acceptors (Lipinski definition) is 3. The van der Waals surface area contributed by atoms with Crippen LogP contribution in [-0.4, -0.2) is 11.9 Å². The number of aryl methyl sites for hydroxylation is 2. The summed E-state index contributed by atoms with van der Waals surface area (Å²) in [6, 6.07) is 3.88. The highest BCUT2D eigenvalue weighted by Gasteiger charge is 2.15. The molecule has 15 heavy (non-hydrogen) atoms. The van der Waals surface area contributed by atoms with Crippen LogP contribution < -0.4 is 9.47 Å². The van der Waals surface area contributed by atoms with Gasteiger partial charge in [-0.05, 0) is 36.6 Å². The van der Waals surface area contributed by atoms with Gasteiger partial charge in [-0.2, -0.15) is 0 Å². The second-order valence-corrected chi connectivity index (χ2v) is 4.02. The highest BCUT2D eigenvalue weighted by molar-refractivity contribution is 7.96. The molecule has 3 nitrogen and oxygen atoms in total. The first-order valence-corrected chi connectivity index (χ1v) is 5.22. The van der Waals surface area contributed by atoms with Gasteiger partial charge in [0.05, 0.1) is 0 Å². The number of thiol groups is 1. The molecule has 0 amide bonds. The van der Waals surface area contributed by atoms with Gasteiger partial charge in [-0.1, -0.05) is 0 Å². The molecule has 1 aromatic carbocycles. The van der Waals surface area contributed by atoms with Gasteiger partial charge >= 0.3 is 0 Å². The van der Waals surface area contributed by atoms with E-state index in [1.54, 1.807) is 0 Å². The van der Waals surface area contributed by atoms with Gasteiger partial charge in [-0.3, -0.25) is 4.79 Å². The minimum atomic E-state index is -0.0907. The lowest BCUT2D eigenvalue weighted by atomic mass is 10.0. The van der Waals surface area contributed by atoms with Crippen molar-refractivity contribution in [2.45, 2.75) is 19.8 Å². The smallest absolute Gasteiger partial charge is 0.231 e. The van der Waals surface area contributed by atoms with Gasteiger partial charge in [-0.25, -0.2) is 0 Å². The molecular formula is C11H12O3S. The van der Waals surface area contributed by atoms with Gasteiger partial charge in [0, 0.05) is 6.42 Å². The van der Waals surface area contributed by atoms with E-state index in [1.807, 2.05) is 19.1 Å². The molecule has 0 atom stereocenters. The van der Waals surface area contributed by atoms with Crippen molar-refractivity contribution in [1.29, 1.82) is 0 Å². The molecule has 0 aromatic heterocycles. The number of carbonyl (C=O) groups is 1. The Bertz CT molecular complexity index is 401. The van der Waals surface area contributed by atoms with Crippen LogP contribution >= 0.6 is 12.6 Å². The Morgan fingerprint density at radius 1 is 1.40 bits per heavy atom.